The molecule has 6 heteroatoms. The van der Waals surface area contributed by atoms with Gasteiger partial charge in [-0.3, -0.25) is 0 Å². The van der Waals surface area contributed by atoms with Gasteiger partial charge in [-0.1, -0.05) is 0 Å². The van der Waals surface area contributed by atoms with Gasteiger partial charge in [0.05, 0.1) is 5.16 Å². The molecule has 0 aromatic rings. The van der Waals surface area contributed by atoms with E-state index < -0.39 is 13.5 Å². The van der Waals surface area contributed by atoms with Crippen LogP contribution in [0.1, 0.15) is 12.8 Å². The van der Waals surface area contributed by atoms with Crippen LogP contribution in [0, 0.1) is 0 Å². The Morgan fingerprint density at radius 1 is 1.00 bits per heavy atom. The van der Waals surface area contributed by atoms with Gasteiger partial charge in [-0.05, 0) is 12.8 Å². The second-order valence-corrected chi connectivity index (χ2v) is 5.08. The minimum Gasteiger partial charge on any atom is -0.350 e. The fraction of sp³-hybridized carbons (Fsp3) is 1.00. The summed E-state index contributed by atoms with van der Waals surface area (Å²) in [7, 11) is -2.06. The van der Waals surface area contributed by atoms with E-state index in [1.165, 1.54) is 0 Å². The average molecular weight is 253 g/mol. The van der Waals surface area contributed by atoms with Gasteiger partial charge in [0.15, 0.2) is 8.38 Å². The van der Waals surface area contributed by atoms with Crippen molar-refractivity contribution in [3.05, 3.63) is 0 Å². The van der Waals surface area contributed by atoms with Crippen LogP contribution in [0.3, 0.4) is 0 Å². The monoisotopic (exact) mass is 252 g/mol. The second kappa shape index (κ2) is 6.64. The van der Waals surface area contributed by atoms with Crippen LogP contribution >= 0.6 is 43.2 Å². The number of alkyl halides is 3. The van der Waals surface area contributed by atoms with Gasteiger partial charge in [-0.25, -0.2) is 0 Å². The van der Waals surface area contributed by atoms with E-state index in [1.807, 2.05) is 0 Å². The van der Waals surface area contributed by atoms with E-state index in [4.69, 9.17) is 44.6 Å². The maximum atomic E-state index is 9.14. The molecular weight excluding hydrogens is 241 g/mol. The summed E-state index contributed by atoms with van der Waals surface area (Å²) in [4.78, 5) is 18.3. The Labute approximate surface area is 88.7 Å². The Balaban J connectivity index is 4.28. The Kier molecular flexibility index (Phi) is 7.32. The largest absolute Gasteiger partial charge is 0.350 e. The van der Waals surface area contributed by atoms with Crippen LogP contribution in [0.2, 0.25) is 0 Å². The zero-order valence-electron chi connectivity index (χ0n) is 6.51. The predicted octanol–water partition coefficient (Wildman–Crippen LogP) is 2.52. The van der Waals surface area contributed by atoms with Crippen LogP contribution in [0.5, 0.6) is 0 Å². The predicted molar refractivity (Wildman–Crippen MR) is 55.5 cm³/mol. The van der Waals surface area contributed by atoms with Crippen LogP contribution in [0.25, 0.3) is 0 Å². The summed E-state index contributed by atoms with van der Waals surface area (Å²) in [6.45, 7) is 0. The highest BCUT2D eigenvalue weighted by Crippen LogP contribution is 2.48. The molecule has 0 fully saturated rings. The molecule has 0 aliphatic heterocycles. The third-order valence-electron chi connectivity index (χ3n) is 1.79. The Morgan fingerprint density at radius 3 is 1.58 bits per heavy atom. The summed E-state index contributed by atoms with van der Waals surface area (Å²) in [6.07, 6.45) is 0.979. The Morgan fingerprint density at radius 2 is 1.42 bits per heavy atom. The highest BCUT2D eigenvalue weighted by molar-refractivity contribution is 7.47. The summed E-state index contributed by atoms with van der Waals surface area (Å²) in [5.74, 6) is 0.915. The van der Waals surface area contributed by atoms with Crippen LogP contribution in [-0.4, -0.2) is 32.6 Å². The summed E-state index contributed by atoms with van der Waals surface area (Å²) in [5.41, 5.74) is 0. The second-order valence-electron chi connectivity index (χ2n) is 2.53. The lowest BCUT2D eigenvalue weighted by Gasteiger charge is -2.30. The van der Waals surface area contributed by atoms with Crippen molar-refractivity contribution in [2.75, 3.05) is 17.6 Å². The lowest BCUT2D eigenvalue weighted by Crippen LogP contribution is -2.30. The number of halogens is 3. The Hall–Kier alpha value is 1.22. The van der Waals surface area contributed by atoms with Gasteiger partial charge in [0.2, 0.25) is 0 Å². The van der Waals surface area contributed by atoms with E-state index >= 15 is 0 Å². The standard InChI is InChI=1S/C6H12Cl3O2P/c7-3-1-6(5-9,2-4-8)12(10)11/h10-11H,1-5H2. The molecule has 0 unspecified atom stereocenters. The molecule has 2 N–H and O–H groups in total. The van der Waals surface area contributed by atoms with Crippen molar-refractivity contribution >= 4 is 43.2 Å². The van der Waals surface area contributed by atoms with Gasteiger partial charge in [0.25, 0.3) is 0 Å². The SMILES string of the molecule is OP(O)C(CCl)(CCCl)CCCl. The lowest BCUT2D eigenvalue weighted by molar-refractivity contribution is 0.416. The zero-order valence-corrected chi connectivity index (χ0v) is 9.67. The van der Waals surface area contributed by atoms with Crippen molar-refractivity contribution in [3.63, 3.8) is 0 Å². The molecule has 0 aromatic heterocycles. The normalized spacial score (nSPS) is 12.5. The van der Waals surface area contributed by atoms with E-state index in [2.05, 4.69) is 0 Å². The molecule has 0 aliphatic rings. The van der Waals surface area contributed by atoms with Crippen LogP contribution < -0.4 is 0 Å². The van der Waals surface area contributed by atoms with Gasteiger partial charge in [-0.2, -0.15) is 0 Å². The molecule has 0 radical (unpaired) electrons. The minimum atomic E-state index is -2.06. The first-order valence-electron chi connectivity index (χ1n) is 3.49. The average Bonchev–Trinajstić information content (AvgIpc) is 2.03. The van der Waals surface area contributed by atoms with Gasteiger partial charge >= 0.3 is 0 Å². The third-order valence-corrected chi connectivity index (χ3v) is 4.32. The summed E-state index contributed by atoms with van der Waals surface area (Å²) >= 11 is 16.7. The van der Waals surface area contributed by atoms with Crippen LogP contribution in [0.4, 0.5) is 0 Å². The van der Waals surface area contributed by atoms with Crippen molar-refractivity contribution in [2.24, 2.45) is 0 Å². The smallest absolute Gasteiger partial charge is 0.172 e. The quantitative estimate of drug-likeness (QED) is 0.564. The molecule has 0 bridgehead atoms. The Bertz CT molecular complexity index is 117. The minimum absolute atomic E-state index is 0.186. The van der Waals surface area contributed by atoms with Crippen LogP contribution in [-0.2, 0) is 0 Å². The lowest BCUT2D eigenvalue weighted by atomic mass is 10.1. The molecule has 0 atom stereocenters. The molecule has 0 saturated carbocycles. The van der Waals surface area contributed by atoms with Gasteiger partial charge in [0, 0.05) is 17.6 Å². The molecule has 0 aromatic carbocycles. The van der Waals surface area contributed by atoms with Crippen molar-refractivity contribution < 1.29 is 9.79 Å². The number of hydrogen-bond donors (Lipinski definition) is 2. The molecule has 12 heavy (non-hydrogen) atoms. The fourth-order valence-electron chi connectivity index (χ4n) is 0.864. The summed E-state index contributed by atoms with van der Waals surface area (Å²) in [6, 6.07) is 0. The van der Waals surface area contributed by atoms with E-state index in [0.29, 0.717) is 24.6 Å². The van der Waals surface area contributed by atoms with Gasteiger partial charge in [0.1, 0.15) is 0 Å². The van der Waals surface area contributed by atoms with E-state index in [1.54, 1.807) is 0 Å². The first-order valence-corrected chi connectivity index (χ1v) is 6.34. The molecule has 0 amide bonds. The molecule has 0 heterocycles. The molecule has 0 spiro atoms. The maximum absolute atomic E-state index is 9.14. The van der Waals surface area contributed by atoms with Crippen molar-refractivity contribution in [2.45, 2.75) is 18.0 Å². The summed E-state index contributed by atoms with van der Waals surface area (Å²) < 4.78 is 0. The summed E-state index contributed by atoms with van der Waals surface area (Å²) in [5, 5.41) is -0.680. The highest BCUT2D eigenvalue weighted by Gasteiger charge is 2.36. The van der Waals surface area contributed by atoms with Gasteiger partial charge < -0.3 is 9.79 Å². The number of rotatable bonds is 6. The first-order chi connectivity index (χ1) is 5.63. The van der Waals surface area contributed by atoms with Crippen LogP contribution in [0.15, 0.2) is 0 Å². The van der Waals surface area contributed by atoms with E-state index in [-0.39, 0.29) is 5.88 Å². The molecule has 0 saturated heterocycles. The molecule has 0 rings (SSSR count). The highest BCUT2D eigenvalue weighted by atomic mass is 35.5. The van der Waals surface area contributed by atoms with Crippen molar-refractivity contribution in [3.8, 4) is 0 Å². The van der Waals surface area contributed by atoms with Crippen molar-refractivity contribution in [1.82, 2.24) is 0 Å². The number of hydrogen-bond acceptors (Lipinski definition) is 2. The molecule has 0 aliphatic carbocycles. The molecule has 2 nitrogen and oxygen atoms in total. The first kappa shape index (κ1) is 13.2. The van der Waals surface area contributed by atoms with Crippen molar-refractivity contribution in [1.29, 1.82) is 0 Å². The zero-order chi connectivity index (χ0) is 9.61. The molecular formula is C6H12Cl3O2P. The van der Waals surface area contributed by atoms with E-state index in [0.717, 1.165) is 0 Å². The topological polar surface area (TPSA) is 40.5 Å². The van der Waals surface area contributed by atoms with E-state index in [9.17, 15) is 0 Å². The third kappa shape index (κ3) is 3.53. The fourth-order valence-corrected chi connectivity index (χ4v) is 3.17. The van der Waals surface area contributed by atoms with Gasteiger partial charge in [-0.15, -0.1) is 34.8 Å². The molecule has 74 valence electrons. The maximum Gasteiger partial charge on any atom is 0.172 e.